The monoisotopic (exact) mass is 400 g/mol. The molecule has 2 amide bonds. The van der Waals surface area contributed by atoms with Gasteiger partial charge in [0.15, 0.2) is 0 Å². The number of hydrogen-bond donors (Lipinski definition) is 1. The molecule has 0 saturated carbocycles. The Labute approximate surface area is 165 Å². The molecule has 8 heteroatoms. The van der Waals surface area contributed by atoms with Gasteiger partial charge in [0, 0.05) is 43.4 Å². The molecular weight excluding hydrogens is 381 g/mol. The third-order valence-corrected chi connectivity index (χ3v) is 5.00. The van der Waals surface area contributed by atoms with Gasteiger partial charge in [-0.2, -0.15) is 13.2 Å². The van der Waals surface area contributed by atoms with Crippen LogP contribution in [-0.4, -0.2) is 42.1 Å². The van der Waals surface area contributed by atoms with Crippen molar-refractivity contribution in [2.45, 2.75) is 6.18 Å². The van der Waals surface area contributed by atoms with Crippen LogP contribution in [0.2, 0.25) is 0 Å². The number of rotatable bonds is 2. The molecule has 2 heterocycles. The summed E-state index contributed by atoms with van der Waals surface area (Å²) in [6, 6.07) is 14.4. The number of hydrogen-bond acceptors (Lipinski definition) is 3. The molecule has 0 bridgehead atoms. The molecule has 1 N–H and O–H groups in total. The zero-order chi connectivity index (χ0) is 20.4. The summed E-state index contributed by atoms with van der Waals surface area (Å²) in [7, 11) is 0. The minimum Gasteiger partial charge on any atom is -0.367 e. The number of anilines is 2. The lowest BCUT2D eigenvalue weighted by Crippen LogP contribution is -2.50. The third-order valence-electron chi connectivity index (χ3n) is 5.00. The average Bonchev–Trinajstić information content (AvgIpc) is 2.73. The first-order valence-electron chi connectivity index (χ1n) is 9.24. The summed E-state index contributed by atoms with van der Waals surface area (Å²) >= 11 is 0. The number of halogens is 3. The van der Waals surface area contributed by atoms with Crippen LogP contribution in [0.25, 0.3) is 10.9 Å². The second kappa shape index (κ2) is 7.62. The SMILES string of the molecule is O=C(Nc1cccc2ncccc12)N1CCN(c2ccccc2C(F)(F)F)CC1. The van der Waals surface area contributed by atoms with Crippen LogP contribution in [0.5, 0.6) is 0 Å². The van der Waals surface area contributed by atoms with Gasteiger partial charge in [-0.3, -0.25) is 4.98 Å². The molecule has 4 rings (SSSR count). The quantitative estimate of drug-likeness (QED) is 0.684. The van der Waals surface area contributed by atoms with Gasteiger partial charge in [0.1, 0.15) is 0 Å². The fourth-order valence-electron chi connectivity index (χ4n) is 3.55. The zero-order valence-corrected chi connectivity index (χ0v) is 15.5. The van der Waals surface area contributed by atoms with Gasteiger partial charge in [-0.1, -0.05) is 18.2 Å². The number of nitrogens with zero attached hydrogens (tertiary/aromatic N) is 3. The summed E-state index contributed by atoms with van der Waals surface area (Å²) in [5, 5.41) is 3.73. The maximum atomic E-state index is 13.3. The van der Waals surface area contributed by atoms with Crippen LogP contribution < -0.4 is 10.2 Å². The number of carbonyl (C=O) groups excluding carboxylic acids is 1. The maximum Gasteiger partial charge on any atom is 0.418 e. The van der Waals surface area contributed by atoms with Crippen LogP contribution in [0.4, 0.5) is 29.3 Å². The van der Waals surface area contributed by atoms with Crippen LogP contribution >= 0.6 is 0 Å². The van der Waals surface area contributed by atoms with Gasteiger partial charge in [0.25, 0.3) is 0 Å². The standard InChI is InChI=1S/C21H19F3N4O/c22-21(23,24)16-6-1-2-9-19(16)27-11-13-28(14-12-27)20(29)26-18-8-3-7-17-15(18)5-4-10-25-17/h1-10H,11-14H2,(H,26,29). The normalized spacial score (nSPS) is 14.9. The molecular formula is C21H19F3N4O. The first-order valence-corrected chi connectivity index (χ1v) is 9.24. The van der Waals surface area contributed by atoms with E-state index in [1.807, 2.05) is 18.2 Å². The van der Waals surface area contributed by atoms with Crippen LogP contribution in [-0.2, 0) is 6.18 Å². The number of benzene rings is 2. The summed E-state index contributed by atoms with van der Waals surface area (Å²) in [6.45, 7) is 1.33. The molecule has 0 atom stereocenters. The molecule has 150 valence electrons. The lowest BCUT2D eigenvalue weighted by atomic mass is 10.1. The highest BCUT2D eigenvalue weighted by molar-refractivity contribution is 6.00. The Balaban J connectivity index is 1.44. The van der Waals surface area contributed by atoms with Gasteiger partial charge >= 0.3 is 12.2 Å². The molecule has 0 spiro atoms. The van der Waals surface area contributed by atoms with E-state index in [-0.39, 0.29) is 11.7 Å². The number of amides is 2. The number of pyridine rings is 1. The van der Waals surface area contributed by atoms with E-state index in [0.717, 1.165) is 17.0 Å². The molecule has 29 heavy (non-hydrogen) atoms. The number of para-hydroxylation sites is 1. The molecule has 0 aliphatic carbocycles. The minimum atomic E-state index is -4.41. The lowest BCUT2D eigenvalue weighted by Gasteiger charge is -2.37. The molecule has 5 nitrogen and oxygen atoms in total. The van der Waals surface area contributed by atoms with Crippen molar-refractivity contribution in [3.63, 3.8) is 0 Å². The van der Waals surface area contributed by atoms with Gasteiger partial charge in [-0.25, -0.2) is 4.79 Å². The van der Waals surface area contributed by atoms with Gasteiger partial charge in [0.2, 0.25) is 0 Å². The van der Waals surface area contributed by atoms with E-state index in [0.29, 0.717) is 31.9 Å². The first-order chi connectivity index (χ1) is 13.9. The molecule has 1 saturated heterocycles. The number of carbonyl (C=O) groups is 1. The Morgan fingerprint density at radius 1 is 0.931 bits per heavy atom. The van der Waals surface area contributed by atoms with Crippen molar-refractivity contribution >= 4 is 28.3 Å². The van der Waals surface area contributed by atoms with E-state index in [4.69, 9.17) is 0 Å². The Morgan fingerprint density at radius 3 is 2.45 bits per heavy atom. The summed E-state index contributed by atoms with van der Waals surface area (Å²) < 4.78 is 39.8. The lowest BCUT2D eigenvalue weighted by molar-refractivity contribution is -0.137. The number of aromatic nitrogens is 1. The van der Waals surface area contributed by atoms with Crippen LogP contribution in [0.15, 0.2) is 60.8 Å². The number of urea groups is 1. The topological polar surface area (TPSA) is 48.5 Å². The Hall–Kier alpha value is -3.29. The first kappa shape index (κ1) is 19.0. The van der Waals surface area contributed by atoms with Crippen molar-refractivity contribution in [1.82, 2.24) is 9.88 Å². The van der Waals surface area contributed by atoms with E-state index in [1.54, 1.807) is 34.2 Å². The third kappa shape index (κ3) is 3.96. The van der Waals surface area contributed by atoms with Crippen molar-refractivity contribution in [2.75, 3.05) is 36.4 Å². The fraction of sp³-hybridized carbons (Fsp3) is 0.238. The predicted molar refractivity (Wildman–Crippen MR) is 106 cm³/mol. The Kier molecular flexibility index (Phi) is 5.00. The Bertz CT molecular complexity index is 1020. The molecule has 2 aromatic carbocycles. The highest BCUT2D eigenvalue weighted by atomic mass is 19.4. The molecule has 1 aromatic heterocycles. The minimum absolute atomic E-state index is 0.153. The molecule has 0 radical (unpaired) electrons. The van der Waals surface area contributed by atoms with E-state index in [1.165, 1.54) is 12.1 Å². The van der Waals surface area contributed by atoms with Crippen molar-refractivity contribution in [3.8, 4) is 0 Å². The molecule has 1 aliphatic rings. The largest absolute Gasteiger partial charge is 0.418 e. The zero-order valence-electron chi connectivity index (χ0n) is 15.5. The second-order valence-electron chi connectivity index (χ2n) is 6.79. The smallest absolute Gasteiger partial charge is 0.367 e. The van der Waals surface area contributed by atoms with E-state index in [9.17, 15) is 18.0 Å². The Morgan fingerprint density at radius 2 is 1.69 bits per heavy atom. The van der Waals surface area contributed by atoms with Crippen LogP contribution in [0.3, 0.4) is 0 Å². The average molecular weight is 400 g/mol. The van der Waals surface area contributed by atoms with Gasteiger partial charge in [-0.05, 0) is 36.4 Å². The van der Waals surface area contributed by atoms with Gasteiger partial charge in [0.05, 0.1) is 16.8 Å². The fourth-order valence-corrected chi connectivity index (χ4v) is 3.55. The van der Waals surface area contributed by atoms with Gasteiger partial charge < -0.3 is 15.1 Å². The molecule has 3 aromatic rings. The number of piperazine rings is 1. The summed E-state index contributed by atoms with van der Waals surface area (Å²) in [4.78, 5) is 20.2. The van der Waals surface area contributed by atoms with Crippen LogP contribution in [0.1, 0.15) is 5.56 Å². The van der Waals surface area contributed by atoms with Crippen LogP contribution in [0, 0.1) is 0 Å². The summed E-state index contributed by atoms with van der Waals surface area (Å²) in [5.74, 6) is 0. The van der Waals surface area contributed by atoms with Crippen molar-refractivity contribution < 1.29 is 18.0 Å². The van der Waals surface area contributed by atoms with Crippen molar-refractivity contribution in [1.29, 1.82) is 0 Å². The highest BCUT2D eigenvalue weighted by Crippen LogP contribution is 2.36. The number of fused-ring (bicyclic) bond motifs is 1. The molecule has 0 unspecified atom stereocenters. The van der Waals surface area contributed by atoms with Crippen molar-refractivity contribution in [3.05, 3.63) is 66.4 Å². The number of alkyl halides is 3. The van der Waals surface area contributed by atoms with E-state index in [2.05, 4.69) is 10.3 Å². The van der Waals surface area contributed by atoms with Crippen molar-refractivity contribution in [2.24, 2.45) is 0 Å². The summed E-state index contributed by atoms with van der Waals surface area (Å²) in [6.07, 6.45) is -2.72. The maximum absolute atomic E-state index is 13.3. The molecule has 1 fully saturated rings. The van der Waals surface area contributed by atoms with E-state index < -0.39 is 11.7 Å². The highest BCUT2D eigenvalue weighted by Gasteiger charge is 2.35. The summed E-state index contributed by atoms with van der Waals surface area (Å²) in [5.41, 5.74) is 0.936. The van der Waals surface area contributed by atoms with Gasteiger partial charge in [-0.15, -0.1) is 0 Å². The second-order valence-corrected chi connectivity index (χ2v) is 6.79. The predicted octanol–water partition coefficient (Wildman–Crippen LogP) is 4.61. The van der Waals surface area contributed by atoms with E-state index >= 15 is 0 Å². The molecule has 1 aliphatic heterocycles. The number of nitrogens with one attached hydrogen (secondary N) is 1.